The second kappa shape index (κ2) is 10.1. The highest BCUT2D eigenvalue weighted by Crippen LogP contribution is 2.06. The van der Waals surface area contributed by atoms with Gasteiger partial charge in [-0.3, -0.25) is 0 Å². The Morgan fingerprint density at radius 1 is 1.06 bits per heavy atom. The van der Waals surface area contributed by atoms with Gasteiger partial charge in [-0.05, 0) is 40.2 Å². The first-order valence-corrected chi connectivity index (χ1v) is 6.62. The number of hydrogen-bond donors (Lipinski definition) is 1. The maximum atomic E-state index is 5.74. The van der Waals surface area contributed by atoms with Crippen LogP contribution in [0.1, 0.15) is 47.5 Å². The highest BCUT2D eigenvalue weighted by Gasteiger charge is 2.20. The van der Waals surface area contributed by atoms with Crippen molar-refractivity contribution in [3.8, 4) is 0 Å². The first-order valence-electron chi connectivity index (χ1n) is 6.62. The summed E-state index contributed by atoms with van der Waals surface area (Å²) in [4.78, 5) is 0. The van der Waals surface area contributed by atoms with Crippen LogP contribution in [0.25, 0.3) is 0 Å². The molecule has 2 atom stereocenters. The van der Waals surface area contributed by atoms with Gasteiger partial charge in [0.15, 0.2) is 0 Å². The lowest BCUT2D eigenvalue weighted by Gasteiger charge is -2.27. The molecule has 0 saturated heterocycles. The SMILES string of the molecule is CCCNC(COC(C)C)C(CC)OCC. The molecule has 0 aliphatic rings. The van der Waals surface area contributed by atoms with E-state index >= 15 is 0 Å². The molecule has 0 saturated carbocycles. The summed E-state index contributed by atoms with van der Waals surface area (Å²) in [7, 11) is 0. The zero-order chi connectivity index (χ0) is 12.4. The molecule has 0 aromatic heterocycles. The maximum absolute atomic E-state index is 5.74. The molecule has 0 fully saturated rings. The van der Waals surface area contributed by atoms with Crippen LogP contribution in [0.4, 0.5) is 0 Å². The summed E-state index contributed by atoms with van der Waals surface area (Å²) >= 11 is 0. The molecule has 1 N–H and O–H groups in total. The topological polar surface area (TPSA) is 30.5 Å². The molecule has 0 aromatic rings. The average molecular weight is 231 g/mol. The van der Waals surface area contributed by atoms with Gasteiger partial charge in [-0.1, -0.05) is 13.8 Å². The Kier molecular flexibility index (Phi) is 9.99. The largest absolute Gasteiger partial charge is 0.377 e. The van der Waals surface area contributed by atoms with Crippen molar-refractivity contribution in [1.82, 2.24) is 5.32 Å². The first-order chi connectivity index (χ1) is 7.65. The second-order valence-electron chi connectivity index (χ2n) is 4.34. The molecular formula is C13H29NO2. The third kappa shape index (κ3) is 7.20. The van der Waals surface area contributed by atoms with Gasteiger partial charge in [0.25, 0.3) is 0 Å². The standard InChI is InChI=1S/C13H29NO2/c1-6-9-14-12(10-16-11(4)5)13(7-2)15-8-3/h11-14H,6-10H2,1-5H3. The van der Waals surface area contributed by atoms with E-state index in [0.717, 1.165) is 32.6 Å². The predicted octanol–water partition coefficient (Wildman–Crippen LogP) is 2.59. The predicted molar refractivity (Wildman–Crippen MR) is 68.9 cm³/mol. The molecule has 0 amide bonds. The van der Waals surface area contributed by atoms with Gasteiger partial charge in [-0.25, -0.2) is 0 Å². The minimum Gasteiger partial charge on any atom is -0.377 e. The van der Waals surface area contributed by atoms with Crippen LogP contribution in [-0.4, -0.2) is 38.0 Å². The second-order valence-corrected chi connectivity index (χ2v) is 4.34. The molecule has 0 bridgehead atoms. The molecule has 0 heterocycles. The molecule has 0 spiro atoms. The van der Waals surface area contributed by atoms with Crippen molar-refractivity contribution in [3.63, 3.8) is 0 Å². The summed E-state index contributed by atoms with van der Waals surface area (Å²) in [6.07, 6.45) is 2.71. The van der Waals surface area contributed by atoms with E-state index < -0.39 is 0 Å². The van der Waals surface area contributed by atoms with Crippen LogP contribution in [0.3, 0.4) is 0 Å². The minimum absolute atomic E-state index is 0.260. The highest BCUT2D eigenvalue weighted by molar-refractivity contribution is 4.76. The van der Waals surface area contributed by atoms with Crippen molar-refractivity contribution in [2.24, 2.45) is 0 Å². The van der Waals surface area contributed by atoms with E-state index in [1.54, 1.807) is 0 Å². The van der Waals surface area contributed by atoms with Crippen LogP contribution >= 0.6 is 0 Å². The fourth-order valence-corrected chi connectivity index (χ4v) is 1.66. The average Bonchev–Trinajstić information content (AvgIpc) is 2.26. The van der Waals surface area contributed by atoms with E-state index in [2.05, 4.69) is 33.0 Å². The van der Waals surface area contributed by atoms with Crippen LogP contribution in [0.5, 0.6) is 0 Å². The highest BCUT2D eigenvalue weighted by atomic mass is 16.5. The number of hydrogen-bond acceptors (Lipinski definition) is 3. The Balaban J connectivity index is 4.13. The van der Waals surface area contributed by atoms with Gasteiger partial charge in [0, 0.05) is 6.61 Å². The molecule has 98 valence electrons. The Labute approximate surface area is 101 Å². The van der Waals surface area contributed by atoms with Crippen LogP contribution in [0.2, 0.25) is 0 Å². The lowest BCUT2D eigenvalue weighted by molar-refractivity contribution is -0.0150. The summed E-state index contributed by atoms with van der Waals surface area (Å²) in [5, 5.41) is 3.51. The van der Waals surface area contributed by atoms with E-state index in [0.29, 0.717) is 6.04 Å². The summed E-state index contributed by atoms with van der Waals surface area (Å²) in [5.41, 5.74) is 0. The van der Waals surface area contributed by atoms with Crippen LogP contribution in [0.15, 0.2) is 0 Å². The fourth-order valence-electron chi connectivity index (χ4n) is 1.66. The van der Waals surface area contributed by atoms with Crippen molar-refractivity contribution < 1.29 is 9.47 Å². The van der Waals surface area contributed by atoms with Gasteiger partial charge in [-0.15, -0.1) is 0 Å². The summed E-state index contributed by atoms with van der Waals surface area (Å²) in [6, 6.07) is 0.312. The Hall–Kier alpha value is -0.120. The van der Waals surface area contributed by atoms with Crippen LogP contribution in [-0.2, 0) is 9.47 Å². The molecular weight excluding hydrogens is 202 g/mol. The molecule has 3 nitrogen and oxygen atoms in total. The smallest absolute Gasteiger partial charge is 0.0747 e. The first kappa shape index (κ1) is 15.9. The Bertz CT molecular complexity index is 151. The molecule has 0 aliphatic heterocycles. The maximum Gasteiger partial charge on any atom is 0.0747 e. The Morgan fingerprint density at radius 3 is 2.19 bits per heavy atom. The van der Waals surface area contributed by atoms with Crippen molar-refractivity contribution in [2.45, 2.75) is 65.7 Å². The molecule has 0 aromatic carbocycles. The van der Waals surface area contributed by atoms with Crippen molar-refractivity contribution in [1.29, 1.82) is 0 Å². The fraction of sp³-hybridized carbons (Fsp3) is 1.00. The van der Waals surface area contributed by atoms with Gasteiger partial charge in [0.2, 0.25) is 0 Å². The lowest BCUT2D eigenvalue weighted by Crippen LogP contribution is -2.45. The van der Waals surface area contributed by atoms with E-state index in [4.69, 9.17) is 9.47 Å². The molecule has 0 rings (SSSR count). The van der Waals surface area contributed by atoms with Crippen LogP contribution < -0.4 is 5.32 Å². The number of nitrogens with one attached hydrogen (secondary N) is 1. The minimum atomic E-state index is 0.260. The zero-order valence-corrected chi connectivity index (χ0v) is 11.6. The Morgan fingerprint density at radius 2 is 1.75 bits per heavy atom. The molecule has 3 heteroatoms. The molecule has 0 aliphatic carbocycles. The van der Waals surface area contributed by atoms with Gasteiger partial charge in [0.1, 0.15) is 0 Å². The summed E-state index contributed by atoms with van der Waals surface area (Å²) in [6.45, 7) is 13.0. The summed E-state index contributed by atoms with van der Waals surface area (Å²) in [5.74, 6) is 0. The van der Waals surface area contributed by atoms with Gasteiger partial charge >= 0.3 is 0 Å². The van der Waals surface area contributed by atoms with Crippen molar-refractivity contribution in [2.75, 3.05) is 19.8 Å². The van der Waals surface area contributed by atoms with Gasteiger partial charge in [0.05, 0.1) is 24.9 Å². The van der Waals surface area contributed by atoms with E-state index in [1.165, 1.54) is 0 Å². The zero-order valence-electron chi connectivity index (χ0n) is 11.6. The number of ether oxygens (including phenoxy) is 2. The molecule has 0 radical (unpaired) electrons. The van der Waals surface area contributed by atoms with Crippen molar-refractivity contribution >= 4 is 0 Å². The lowest BCUT2D eigenvalue weighted by atomic mass is 10.1. The van der Waals surface area contributed by atoms with Crippen molar-refractivity contribution in [3.05, 3.63) is 0 Å². The van der Waals surface area contributed by atoms with Crippen LogP contribution in [0, 0.1) is 0 Å². The van der Waals surface area contributed by atoms with E-state index in [-0.39, 0.29) is 12.2 Å². The molecule has 16 heavy (non-hydrogen) atoms. The van der Waals surface area contributed by atoms with E-state index in [1.807, 2.05) is 6.92 Å². The monoisotopic (exact) mass is 231 g/mol. The van der Waals surface area contributed by atoms with Gasteiger partial charge < -0.3 is 14.8 Å². The number of rotatable bonds is 10. The third-order valence-corrected chi connectivity index (χ3v) is 2.50. The molecule has 2 unspecified atom stereocenters. The summed E-state index contributed by atoms with van der Waals surface area (Å²) < 4.78 is 11.4. The quantitative estimate of drug-likeness (QED) is 0.627. The normalized spacial score (nSPS) is 15.4. The third-order valence-electron chi connectivity index (χ3n) is 2.50. The van der Waals surface area contributed by atoms with Gasteiger partial charge in [-0.2, -0.15) is 0 Å². The van der Waals surface area contributed by atoms with E-state index in [9.17, 15) is 0 Å².